The van der Waals surface area contributed by atoms with Gasteiger partial charge in [-0.15, -0.1) is 0 Å². The second-order valence-electron chi connectivity index (χ2n) is 9.10. The van der Waals surface area contributed by atoms with Crippen molar-refractivity contribution in [1.82, 2.24) is 15.0 Å². The second-order valence-corrected chi connectivity index (χ2v) is 13.3. The molecule has 0 radical (unpaired) electrons. The summed E-state index contributed by atoms with van der Waals surface area (Å²) in [5, 5.41) is 15.2. The predicted molar refractivity (Wildman–Crippen MR) is 134 cm³/mol. The Bertz CT molecular complexity index is 1240. The quantitative estimate of drug-likeness (QED) is 0.382. The van der Waals surface area contributed by atoms with E-state index in [4.69, 9.17) is 28.2 Å². The minimum atomic E-state index is -3.22. The highest BCUT2D eigenvalue weighted by Gasteiger charge is 2.59. The number of benzene rings is 1. The van der Waals surface area contributed by atoms with Gasteiger partial charge in [-0.2, -0.15) is 0 Å². The predicted octanol–water partition coefficient (Wildman–Crippen LogP) is 4.11. The van der Waals surface area contributed by atoms with Crippen molar-refractivity contribution in [2.24, 2.45) is 4.99 Å². The van der Waals surface area contributed by atoms with E-state index in [0.29, 0.717) is 34.4 Å². The number of pyridine rings is 1. The summed E-state index contributed by atoms with van der Waals surface area (Å²) in [6.45, 7) is 5.84. The minimum absolute atomic E-state index is 0.0476. The summed E-state index contributed by atoms with van der Waals surface area (Å²) in [5.74, 6) is -0.473. The summed E-state index contributed by atoms with van der Waals surface area (Å²) < 4.78 is 31.5. The van der Waals surface area contributed by atoms with Gasteiger partial charge in [-0.25, -0.2) is 9.18 Å². The zero-order chi connectivity index (χ0) is 24.9. The average molecular weight is 530 g/mol. The summed E-state index contributed by atoms with van der Waals surface area (Å²) in [6.07, 6.45) is 0.686. The summed E-state index contributed by atoms with van der Waals surface area (Å²) in [7, 11) is -3.22. The number of halogens is 3. The number of hydrogen-bond donors (Lipinski definition) is 5. The van der Waals surface area contributed by atoms with E-state index in [2.05, 4.69) is 20.3 Å². The molecule has 2 aliphatic rings. The largest absolute Gasteiger partial charge is 0.465 e. The maximum absolute atomic E-state index is 15.2. The lowest BCUT2D eigenvalue weighted by Crippen LogP contribution is -2.65. The molecule has 1 aromatic carbocycles. The van der Waals surface area contributed by atoms with Crippen LogP contribution in [0.4, 0.5) is 14.9 Å². The van der Waals surface area contributed by atoms with Crippen LogP contribution in [0.2, 0.25) is 10.0 Å². The van der Waals surface area contributed by atoms with Gasteiger partial charge in [0.2, 0.25) is 0 Å². The molecule has 1 fully saturated rings. The number of nitrogens with one attached hydrogen (secondary N) is 3. The van der Waals surface area contributed by atoms with Crippen molar-refractivity contribution in [2.75, 3.05) is 11.9 Å². The first-order valence-electron chi connectivity index (χ1n) is 10.7. The van der Waals surface area contributed by atoms with Crippen LogP contribution in [0.1, 0.15) is 38.4 Å². The van der Waals surface area contributed by atoms with Gasteiger partial charge in [-0.3, -0.25) is 24.2 Å². The van der Waals surface area contributed by atoms with Gasteiger partial charge in [-0.1, -0.05) is 23.2 Å². The van der Waals surface area contributed by atoms with E-state index in [9.17, 15) is 14.1 Å². The molecule has 2 atom stereocenters. The Hall–Kier alpha value is -2.27. The number of carbonyl (C=O) groups is 1. The highest BCUT2D eigenvalue weighted by molar-refractivity contribution is 8.04. The van der Waals surface area contributed by atoms with Gasteiger partial charge in [-0.05, 0) is 61.6 Å². The zero-order valence-electron chi connectivity index (χ0n) is 18.8. The maximum atomic E-state index is 15.2. The van der Waals surface area contributed by atoms with Crippen LogP contribution in [-0.4, -0.2) is 42.8 Å². The van der Waals surface area contributed by atoms with Crippen molar-refractivity contribution in [3.8, 4) is 0 Å². The molecule has 2 aromatic rings. The zero-order valence-corrected chi connectivity index (χ0v) is 21.2. The Kier molecular flexibility index (Phi) is 6.39. The van der Waals surface area contributed by atoms with Crippen molar-refractivity contribution in [3.63, 3.8) is 0 Å². The molecule has 12 heteroatoms. The summed E-state index contributed by atoms with van der Waals surface area (Å²) >= 11 is 12.1. The monoisotopic (exact) mass is 529 g/mol. The maximum Gasteiger partial charge on any atom is 0.410 e. The van der Waals surface area contributed by atoms with Gasteiger partial charge in [0, 0.05) is 24.0 Å². The van der Waals surface area contributed by atoms with Crippen molar-refractivity contribution in [1.29, 1.82) is 0 Å². The number of aromatic nitrogens is 1. The van der Waals surface area contributed by atoms with Crippen LogP contribution in [-0.2, 0) is 22.2 Å². The third kappa shape index (κ3) is 4.06. The third-order valence-electron chi connectivity index (χ3n) is 6.69. The van der Waals surface area contributed by atoms with Crippen LogP contribution in [0.5, 0.6) is 0 Å². The van der Waals surface area contributed by atoms with E-state index in [0.717, 1.165) is 0 Å². The van der Waals surface area contributed by atoms with Gasteiger partial charge < -0.3 is 10.4 Å². The second kappa shape index (κ2) is 8.75. The Morgan fingerprint density at radius 3 is 2.74 bits per heavy atom. The molecule has 0 unspecified atom stereocenters. The molecule has 34 heavy (non-hydrogen) atoms. The summed E-state index contributed by atoms with van der Waals surface area (Å²) in [5.41, 5.74) is 0.114. The van der Waals surface area contributed by atoms with Crippen LogP contribution in [0, 0.1) is 5.82 Å². The highest BCUT2D eigenvalue weighted by atomic mass is 35.5. The van der Waals surface area contributed by atoms with Crippen molar-refractivity contribution in [2.45, 2.75) is 49.3 Å². The SMILES string of the molecule is CC1(C)C(NC(=O)O)=N[C@](C)(c2cc(NCc3ncc(Cl)cc3Cl)ccc2F)[C@@H]2CCN[SH]21=O. The third-order valence-corrected chi connectivity index (χ3v) is 11.4. The molecule has 0 saturated carbocycles. The van der Waals surface area contributed by atoms with Crippen molar-refractivity contribution < 1.29 is 18.5 Å². The number of rotatable bonds is 4. The Morgan fingerprint density at radius 2 is 2.06 bits per heavy atom. The van der Waals surface area contributed by atoms with E-state index in [1.54, 1.807) is 39.0 Å². The van der Waals surface area contributed by atoms with Crippen LogP contribution < -0.4 is 15.4 Å². The average Bonchev–Trinajstić information content (AvgIpc) is 3.17. The molecule has 184 valence electrons. The number of fused-ring (bicyclic) bond motifs is 1. The topological polar surface area (TPSA) is 116 Å². The van der Waals surface area contributed by atoms with Crippen LogP contribution >= 0.6 is 23.2 Å². The van der Waals surface area contributed by atoms with Crippen molar-refractivity contribution >= 4 is 50.9 Å². The molecule has 0 aliphatic carbocycles. The molecule has 0 bridgehead atoms. The smallest absolute Gasteiger partial charge is 0.410 e. The van der Waals surface area contributed by atoms with Gasteiger partial charge in [0.15, 0.2) is 0 Å². The minimum Gasteiger partial charge on any atom is -0.465 e. The fourth-order valence-corrected chi connectivity index (χ4v) is 8.91. The van der Waals surface area contributed by atoms with E-state index in [1.807, 2.05) is 0 Å². The number of aliphatic imine (C=N–C) groups is 1. The van der Waals surface area contributed by atoms with Gasteiger partial charge in [0.05, 0.1) is 32.3 Å². The van der Waals surface area contributed by atoms with E-state index >= 15 is 4.39 Å². The highest BCUT2D eigenvalue weighted by Crippen LogP contribution is 2.49. The Morgan fingerprint density at radius 1 is 1.32 bits per heavy atom. The van der Waals surface area contributed by atoms with Crippen LogP contribution in [0.3, 0.4) is 0 Å². The first kappa shape index (κ1) is 24.8. The molecule has 3 heterocycles. The number of amides is 1. The summed E-state index contributed by atoms with van der Waals surface area (Å²) in [4.78, 5) is 20.4. The van der Waals surface area contributed by atoms with Gasteiger partial charge in [0.25, 0.3) is 0 Å². The van der Waals surface area contributed by atoms with E-state index < -0.39 is 37.6 Å². The lowest BCUT2D eigenvalue weighted by Gasteiger charge is -2.51. The van der Waals surface area contributed by atoms with Crippen LogP contribution in [0.15, 0.2) is 35.5 Å². The number of carboxylic acid groups (broad SMARTS) is 1. The number of hydrogen-bond acceptors (Lipinski definition) is 5. The van der Waals surface area contributed by atoms with E-state index in [1.165, 1.54) is 12.3 Å². The molecule has 1 saturated heterocycles. The molecule has 1 amide bonds. The molecule has 1 aromatic heterocycles. The molecular weight excluding hydrogens is 504 g/mol. The number of thiol groups is 1. The standard InChI is InChI=1S/C22H26Cl2FN5O3S/c1-21(2)19(29-20(31)32)30-22(3,18-6-7-28-34(18,21)33)14-9-13(4-5-16(14)25)26-11-17-15(24)8-12(23)10-27-17/h4-5,8-10,18,26,34H,6-7,11H2,1-3H3,(H,28,33)(H,29,30)(H,31,32)/t18-,22+/m0/s1. The van der Waals surface area contributed by atoms with Crippen molar-refractivity contribution in [3.05, 3.63) is 57.6 Å². The first-order valence-corrected chi connectivity index (χ1v) is 13.2. The normalized spacial score (nSPS) is 25.7. The fourth-order valence-electron chi connectivity index (χ4n) is 4.79. The summed E-state index contributed by atoms with van der Waals surface area (Å²) in [6, 6.07) is 6.09. The van der Waals surface area contributed by atoms with Gasteiger partial charge >= 0.3 is 6.09 Å². The number of nitrogens with zero attached hydrogens (tertiary/aromatic N) is 2. The van der Waals surface area contributed by atoms with Crippen LogP contribution in [0.25, 0.3) is 0 Å². The molecule has 4 N–H and O–H groups in total. The first-order chi connectivity index (χ1) is 15.9. The molecule has 2 aliphatic heterocycles. The number of amidine groups is 1. The van der Waals surface area contributed by atoms with Gasteiger partial charge in [0.1, 0.15) is 17.2 Å². The molecule has 8 nitrogen and oxygen atoms in total. The Balaban J connectivity index is 1.76. The fraction of sp³-hybridized carbons (Fsp3) is 0.409. The lowest BCUT2D eigenvalue weighted by atomic mass is 9.85. The molecular formula is C22H26Cl2FN5O3S. The lowest BCUT2D eigenvalue weighted by molar-refractivity contribution is 0.199. The molecule has 4 rings (SSSR count). The number of anilines is 1. The van der Waals surface area contributed by atoms with E-state index in [-0.39, 0.29) is 17.9 Å². The molecule has 0 spiro atoms. The Labute approximate surface area is 207 Å².